The molecular formula is C19H21NO4. The van der Waals surface area contributed by atoms with Gasteiger partial charge in [0.1, 0.15) is 5.75 Å². The van der Waals surface area contributed by atoms with E-state index in [2.05, 4.69) is 5.32 Å². The summed E-state index contributed by atoms with van der Waals surface area (Å²) in [5, 5.41) is 2.92. The Morgan fingerprint density at radius 1 is 1.12 bits per heavy atom. The van der Waals surface area contributed by atoms with Crippen molar-refractivity contribution < 1.29 is 19.0 Å². The smallest absolute Gasteiger partial charge is 0.255 e. The molecule has 1 heterocycles. The van der Waals surface area contributed by atoms with Crippen LogP contribution in [0.15, 0.2) is 36.4 Å². The number of amides is 1. The summed E-state index contributed by atoms with van der Waals surface area (Å²) in [6.45, 7) is 3.65. The fourth-order valence-corrected chi connectivity index (χ4v) is 2.52. The summed E-state index contributed by atoms with van der Waals surface area (Å²) in [6, 6.07) is 11.4. The topological polar surface area (TPSA) is 56.8 Å². The average molecular weight is 327 g/mol. The maximum atomic E-state index is 12.5. The van der Waals surface area contributed by atoms with Crippen LogP contribution in [0.3, 0.4) is 0 Å². The van der Waals surface area contributed by atoms with Crippen molar-refractivity contribution in [2.24, 2.45) is 0 Å². The molecule has 0 saturated heterocycles. The Hall–Kier alpha value is -2.69. The van der Waals surface area contributed by atoms with Crippen molar-refractivity contribution in [2.45, 2.75) is 19.9 Å². The van der Waals surface area contributed by atoms with Gasteiger partial charge in [0.15, 0.2) is 11.5 Å². The Bertz CT molecular complexity index is 725. The minimum atomic E-state index is -0.205. The number of rotatable bonds is 4. The van der Waals surface area contributed by atoms with Gasteiger partial charge in [0, 0.05) is 25.1 Å². The third kappa shape index (κ3) is 3.62. The Balaban J connectivity index is 1.78. The molecule has 1 aliphatic heterocycles. The van der Waals surface area contributed by atoms with Crippen LogP contribution < -0.4 is 19.5 Å². The molecule has 2 aromatic rings. The Morgan fingerprint density at radius 3 is 2.46 bits per heavy atom. The molecule has 0 aliphatic carbocycles. The zero-order chi connectivity index (χ0) is 16.9. The largest absolute Gasteiger partial charge is 0.496 e. The Morgan fingerprint density at radius 2 is 1.79 bits per heavy atom. The van der Waals surface area contributed by atoms with Crippen molar-refractivity contribution in [3.63, 3.8) is 0 Å². The monoisotopic (exact) mass is 327 g/mol. The zero-order valence-corrected chi connectivity index (χ0v) is 13.9. The van der Waals surface area contributed by atoms with Gasteiger partial charge in [0.05, 0.1) is 25.9 Å². The molecule has 5 nitrogen and oxygen atoms in total. The summed E-state index contributed by atoms with van der Waals surface area (Å²) in [4.78, 5) is 12.5. The quantitative estimate of drug-likeness (QED) is 0.937. The molecule has 1 amide bonds. The fourth-order valence-electron chi connectivity index (χ4n) is 2.52. The van der Waals surface area contributed by atoms with Crippen molar-refractivity contribution in [1.82, 2.24) is 5.32 Å². The highest BCUT2D eigenvalue weighted by atomic mass is 16.5. The average Bonchev–Trinajstić information content (AvgIpc) is 2.84. The van der Waals surface area contributed by atoms with Gasteiger partial charge in [-0.05, 0) is 12.5 Å². The van der Waals surface area contributed by atoms with Crippen molar-refractivity contribution >= 4 is 5.91 Å². The molecule has 5 heteroatoms. The lowest BCUT2D eigenvalue weighted by Crippen LogP contribution is -2.23. The molecule has 0 aromatic heterocycles. The number of methoxy groups -OCH3 is 1. The van der Waals surface area contributed by atoms with Crippen LogP contribution in [-0.4, -0.2) is 26.2 Å². The van der Waals surface area contributed by atoms with Crippen LogP contribution in [0.25, 0.3) is 0 Å². The van der Waals surface area contributed by atoms with E-state index >= 15 is 0 Å². The molecule has 126 valence electrons. The molecule has 0 saturated carbocycles. The highest BCUT2D eigenvalue weighted by Gasteiger charge is 2.19. The second kappa shape index (κ2) is 7.25. The Kier molecular flexibility index (Phi) is 4.89. The summed E-state index contributed by atoms with van der Waals surface area (Å²) in [6.07, 6.45) is 0.811. The van der Waals surface area contributed by atoms with Crippen LogP contribution in [-0.2, 0) is 6.54 Å². The second-order valence-electron chi connectivity index (χ2n) is 5.72. The zero-order valence-electron chi connectivity index (χ0n) is 13.9. The molecule has 3 rings (SSSR count). The third-order valence-electron chi connectivity index (χ3n) is 3.89. The number of carbonyl (C=O) groups excluding carboxylic acids is 1. The van der Waals surface area contributed by atoms with E-state index in [0.717, 1.165) is 12.0 Å². The lowest BCUT2D eigenvalue weighted by atomic mass is 10.1. The van der Waals surface area contributed by atoms with Crippen molar-refractivity contribution in [3.8, 4) is 17.2 Å². The van der Waals surface area contributed by atoms with E-state index in [0.29, 0.717) is 42.6 Å². The normalized spacial score (nSPS) is 13.1. The van der Waals surface area contributed by atoms with Gasteiger partial charge < -0.3 is 19.5 Å². The van der Waals surface area contributed by atoms with Gasteiger partial charge in [-0.25, -0.2) is 0 Å². The standard InChI is InChI=1S/C19H21NO4/c1-13-4-6-14(7-5-13)12-20-19(21)15-10-17-18(11-16(15)22-2)24-9-3-8-23-17/h4-7,10-11H,3,8-9,12H2,1-2H3,(H,20,21). The van der Waals surface area contributed by atoms with E-state index in [-0.39, 0.29) is 5.91 Å². The molecule has 0 radical (unpaired) electrons. The number of fused-ring (bicyclic) bond motifs is 1. The molecular weight excluding hydrogens is 306 g/mol. The minimum absolute atomic E-state index is 0.205. The first-order valence-corrected chi connectivity index (χ1v) is 7.99. The SMILES string of the molecule is COc1cc2c(cc1C(=O)NCc1ccc(C)cc1)OCCCO2. The van der Waals surface area contributed by atoms with Crippen LogP contribution in [0.1, 0.15) is 27.9 Å². The second-order valence-corrected chi connectivity index (χ2v) is 5.72. The number of ether oxygens (including phenoxy) is 3. The number of nitrogens with one attached hydrogen (secondary N) is 1. The third-order valence-corrected chi connectivity index (χ3v) is 3.89. The summed E-state index contributed by atoms with van der Waals surface area (Å²) >= 11 is 0. The van der Waals surface area contributed by atoms with Gasteiger partial charge >= 0.3 is 0 Å². The van der Waals surface area contributed by atoms with Crippen LogP contribution in [0, 0.1) is 6.92 Å². The van der Waals surface area contributed by atoms with E-state index in [1.54, 1.807) is 12.1 Å². The van der Waals surface area contributed by atoms with Gasteiger partial charge in [-0.2, -0.15) is 0 Å². The van der Waals surface area contributed by atoms with Gasteiger partial charge in [-0.1, -0.05) is 29.8 Å². The molecule has 0 bridgehead atoms. The van der Waals surface area contributed by atoms with E-state index in [1.165, 1.54) is 12.7 Å². The van der Waals surface area contributed by atoms with E-state index in [4.69, 9.17) is 14.2 Å². The van der Waals surface area contributed by atoms with E-state index in [9.17, 15) is 4.79 Å². The van der Waals surface area contributed by atoms with Crippen molar-refractivity contribution in [1.29, 1.82) is 0 Å². The van der Waals surface area contributed by atoms with E-state index in [1.807, 2.05) is 31.2 Å². The predicted molar refractivity (Wildman–Crippen MR) is 91.0 cm³/mol. The maximum Gasteiger partial charge on any atom is 0.255 e. The van der Waals surface area contributed by atoms with Gasteiger partial charge in [-0.15, -0.1) is 0 Å². The lowest BCUT2D eigenvalue weighted by Gasteiger charge is -2.14. The molecule has 1 N–H and O–H groups in total. The summed E-state index contributed by atoms with van der Waals surface area (Å²) in [5.41, 5.74) is 2.67. The lowest BCUT2D eigenvalue weighted by molar-refractivity contribution is 0.0947. The highest BCUT2D eigenvalue weighted by molar-refractivity contribution is 5.97. The highest BCUT2D eigenvalue weighted by Crippen LogP contribution is 2.36. The predicted octanol–water partition coefficient (Wildman–Crippen LogP) is 3.09. The summed E-state index contributed by atoms with van der Waals surface area (Å²) in [7, 11) is 1.54. The van der Waals surface area contributed by atoms with Gasteiger partial charge in [-0.3, -0.25) is 4.79 Å². The number of hydrogen-bond acceptors (Lipinski definition) is 4. The number of hydrogen-bond donors (Lipinski definition) is 1. The molecule has 0 unspecified atom stereocenters. The number of carbonyl (C=O) groups is 1. The first-order chi connectivity index (χ1) is 11.7. The maximum absolute atomic E-state index is 12.5. The summed E-state index contributed by atoms with van der Waals surface area (Å²) < 4.78 is 16.6. The molecule has 24 heavy (non-hydrogen) atoms. The van der Waals surface area contributed by atoms with Gasteiger partial charge in [0.25, 0.3) is 5.91 Å². The Labute approximate surface area is 141 Å². The van der Waals surface area contributed by atoms with Crippen molar-refractivity contribution in [2.75, 3.05) is 20.3 Å². The summed E-state index contributed by atoms with van der Waals surface area (Å²) in [5.74, 6) is 1.46. The molecule has 0 atom stereocenters. The van der Waals surface area contributed by atoms with Crippen LogP contribution in [0.5, 0.6) is 17.2 Å². The number of benzene rings is 2. The first-order valence-electron chi connectivity index (χ1n) is 7.99. The van der Waals surface area contributed by atoms with E-state index < -0.39 is 0 Å². The molecule has 0 spiro atoms. The van der Waals surface area contributed by atoms with Crippen LogP contribution >= 0.6 is 0 Å². The van der Waals surface area contributed by atoms with Gasteiger partial charge in [0.2, 0.25) is 0 Å². The molecule has 0 fully saturated rings. The number of aryl methyl sites for hydroxylation is 1. The van der Waals surface area contributed by atoms with Crippen LogP contribution in [0.2, 0.25) is 0 Å². The minimum Gasteiger partial charge on any atom is -0.496 e. The fraction of sp³-hybridized carbons (Fsp3) is 0.316. The first kappa shape index (κ1) is 16.2. The van der Waals surface area contributed by atoms with Crippen molar-refractivity contribution in [3.05, 3.63) is 53.1 Å². The van der Waals surface area contributed by atoms with Crippen LogP contribution in [0.4, 0.5) is 0 Å². The molecule has 2 aromatic carbocycles. The molecule has 1 aliphatic rings.